The van der Waals surface area contributed by atoms with Crippen LogP contribution in [0.25, 0.3) is 0 Å². The van der Waals surface area contributed by atoms with Crippen LogP contribution in [0.3, 0.4) is 0 Å². The van der Waals surface area contributed by atoms with E-state index in [9.17, 15) is 4.21 Å². The lowest BCUT2D eigenvalue weighted by Crippen LogP contribution is -1.99. The fourth-order valence-electron chi connectivity index (χ4n) is 1.46. The van der Waals surface area contributed by atoms with E-state index in [0.717, 1.165) is 10.0 Å². The highest BCUT2D eigenvalue weighted by Crippen LogP contribution is 2.24. The van der Waals surface area contributed by atoms with E-state index in [-0.39, 0.29) is 0 Å². The standard InChI is InChI=1S/C12H10BrClN2OS/c13-9-3-8(5-16-6-9)7-18(17)12-4-10(15)1-2-11(12)14/h1-6H,7,15H2. The second kappa shape index (κ2) is 5.82. The number of anilines is 1. The minimum atomic E-state index is -1.24. The molecule has 2 aromatic rings. The van der Waals surface area contributed by atoms with Gasteiger partial charge in [0.2, 0.25) is 0 Å². The van der Waals surface area contributed by atoms with Crippen LogP contribution in [0, 0.1) is 0 Å². The molecule has 0 saturated heterocycles. The van der Waals surface area contributed by atoms with Gasteiger partial charge in [0.1, 0.15) is 0 Å². The summed E-state index contributed by atoms with van der Waals surface area (Å²) in [5, 5.41) is 0.463. The topological polar surface area (TPSA) is 56.0 Å². The van der Waals surface area contributed by atoms with E-state index in [1.165, 1.54) is 0 Å². The zero-order valence-corrected chi connectivity index (χ0v) is 12.4. The number of pyridine rings is 1. The Hall–Kier alpha value is -0.910. The van der Waals surface area contributed by atoms with Crippen LogP contribution in [0.4, 0.5) is 5.69 Å². The van der Waals surface area contributed by atoms with Crippen LogP contribution in [0.2, 0.25) is 5.02 Å². The molecule has 2 N–H and O–H groups in total. The van der Waals surface area contributed by atoms with Crippen LogP contribution >= 0.6 is 27.5 Å². The number of hydrogen-bond acceptors (Lipinski definition) is 3. The van der Waals surface area contributed by atoms with E-state index in [2.05, 4.69) is 20.9 Å². The summed E-state index contributed by atoms with van der Waals surface area (Å²) < 4.78 is 13.1. The van der Waals surface area contributed by atoms with E-state index in [1.54, 1.807) is 30.6 Å². The smallest absolute Gasteiger partial charge is 0.0598 e. The van der Waals surface area contributed by atoms with Gasteiger partial charge in [-0.25, -0.2) is 0 Å². The summed E-state index contributed by atoms with van der Waals surface area (Å²) in [6.45, 7) is 0. The largest absolute Gasteiger partial charge is 0.399 e. The van der Waals surface area contributed by atoms with Gasteiger partial charge in [0.15, 0.2) is 0 Å². The Morgan fingerprint density at radius 2 is 2.11 bits per heavy atom. The molecule has 0 bridgehead atoms. The molecule has 0 saturated carbocycles. The van der Waals surface area contributed by atoms with Gasteiger partial charge < -0.3 is 5.73 Å². The highest BCUT2D eigenvalue weighted by molar-refractivity contribution is 9.10. The maximum Gasteiger partial charge on any atom is 0.0598 e. The third-order valence-corrected chi connectivity index (χ3v) is 4.56. The zero-order valence-electron chi connectivity index (χ0n) is 9.27. The number of rotatable bonds is 3. The van der Waals surface area contributed by atoms with Gasteiger partial charge in [0.25, 0.3) is 0 Å². The average Bonchev–Trinajstić information content (AvgIpc) is 2.32. The molecule has 0 amide bonds. The van der Waals surface area contributed by atoms with Crippen LogP contribution in [0.15, 0.2) is 46.0 Å². The maximum absolute atomic E-state index is 12.2. The first-order valence-electron chi connectivity index (χ1n) is 5.09. The van der Waals surface area contributed by atoms with Gasteiger partial charge in [0, 0.05) is 22.6 Å². The van der Waals surface area contributed by atoms with E-state index in [4.69, 9.17) is 17.3 Å². The van der Waals surface area contributed by atoms with Gasteiger partial charge in [-0.15, -0.1) is 0 Å². The molecule has 18 heavy (non-hydrogen) atoms. The molecule has 6 heteroatoms. The van der Waals surface area contributed by atoms with E-state index in [0.29, 0.717) is 21.4 Å². The Balaban J connectivity index is 2.24. The predicted molar refractivity (Wildman–Crippen MR) is 77.9 cm³/mol. The fraction of sp³-hybridized carbons (Fsp3) is 0.0833. The summed E-state index contributed by atoms with van der Waals surface area (Å²) in [5.41, 5.74) is 7.10. The molecule has 0 aliphatic rings. The Kier molecular flexibility index (Phi) is 4.37. The van der Waals surface area contributed by atoms with Gasteiger partial charge in [-0.1, -0.05) is 11.6 Å². The summed E-state index contributed by atoms with van der Waals surface area (Å²) in [4.78, 5) is 4.58. The van der Waals surface area contributed by atoms with Crippen LogP contribution in [-0.4, -0.2) is 9.19 Å². The SMILES string of the molecule is Nc1ccc(Cl)c(S(=O)Cc2cncc(Br)c2)c1. The molecular weight excluding hydrogens is 336 g/mol. The van der Waals surface area contributed by atoms with Gasteiger partial charge >= 0.3 is 0 Å². The van der Waals surface area contributed by atoms with Crippen molar-refractivity contribution in [1.82, 2.24) is 4.98 Å². The molecule has 1 aromatic carbocycles. The number of aromatic nitrogens is 1. The molecule has 0 aliphatic heterocycles. The summed E-state index contributed by atoms with van der Waals surface area (Å²) in [7, 11) is -1.24. The molecule has 94 valence electrons. The maximum atomic E-state index is 12.2. The zero-order chi connectivity index (χ0) is 13.1. The first kappa shape index (κ1) is 13.5. The second-order valence-corrected chi connectivity index (χ2v) is 6.43. The van der Waals surface area contributed by atoms with Crippen molar-refractivity contribution in [3.8, 4) is 0 Å². The number of nitrogens with zero attached hydrogens (tertiary/aromatic N) is 1. The number of halogens is 2. The molecule has 0 fully saturated rings. The molecule has 0 spiro atoms. The third-order valence-electron chi connectivity index (χ3n) is 2.26. The molecule has 3 nitrogen and oxygen atoms in total. The van der Waals surface area contributed by atoms with Crippen molar-refractivity contribution in [3.05, 3.63) is 51.7 Å². The Morgan fingerprint density at radius 1 is 1.33 bits per heavy atom. The monoisotopic (exact) mass is 344 g/mol. The average molecular weight is 346 g/mol. The van der Waals surface area contributed by atoms with Crippen LogP contribution in [-0.2, 0) is 16.6 Å². The van der Waals surface area contributed by atoms with Crippen molar-refractivity contribution in [2.45, 2.75) is 10.6 Å². The van der Waals surface area contributed by atoms with Crippen molar-refractivity contribution >= 4 is 44.0 Å². The van der Waals surface area contributed by atoms with Crippen molar-refractivity contribution in [1.29, 1.82) is 0 Å². The van der Waals surface area contributed by atoms with Gasteiger partial charge in [-0.2, -0.15) is 0 Å². The second-order valence-electron chi connectivity index (χ2n) is 3.69. The first-order valence-corrected chi connectivity index (χ1v) is 7.58. The Bertz CT molecular complexity index is 606. The predicted octanol–water partition coefficient (Wildman–Crippen LogP) is 3.39. The highest BCUT2D eigenvalue weighted by Gasteiger charge is 2.10. The summed E-state index contributed by atoms with van der Waals surface area (Å²) in [5.74, 6) is 0.357. The third kappa shape index (κ3) is 3.31. The minimum Gasteiger partial charge on any atom is -0.399 e. The molecule has 1 atom stereocenters. The summed E-state index contributed by atoms with van der Waals surface area (Å²) in [6, 6.07) is 6.86. The summed E-state index contributed by atoms with van der Waals surface area (Å²) in [6.07, 6.45) is 3.36. The van der Waals surface area contributed by atoms with Gasteiger partial charge in [-0.3, -0.25) is 9.19 Å². The normalized spacial score (nSPS) is 12.3. The fourth-order valence-corrected chi connectivity index (χ4v) is 3.42. The van der Waals surface area contributed by atoms with Crippen LogP contribution in [0.5, 0.6) is 0 Å². The number of benzene rings is 1. The Labute approximate surface area is 121 Å². The summed E-state index contributed by atoms with van der Waals surface area (Å²) >= 11 is 9.34. The first-order chi connectivity index (χ1) is 8.56. The lowest BCUT2D eigenvalue weighted by molar-refractivity contribution is 0.682. The van der Waals surface area contributed by atoms with Gasteiger partial charge in [0.05, 0.1) is 26.5 Å². The van der Waals surface area contributed by atoms with Crippen molar-refractivity contribution in [2.24, 2.45) is 0 Å². The quantitative estimate of drug-likeness (QED) is 0.868. The minimum absolute atomic E-state index is 0.357. The van der Waals surface area contributed by atoms with Crippen LogP contribution in [0.1, 0.15) is 5.56 Å². The van der Waals surface area contributed by atoms with E-state index in [1.807, 2.05) is 6.07 Å². The lowest BCUT2D eigenvalue weighted by atomic mass is 10.3. The molecular formula is C12H10BrClN2OS. The molecule has 0 aliphatic carbocycles. The Morgan fingerprint density at radius 3 is 2.83 bits per heavy atom. The number of hydrogen-bond donors (Lipinski definition) is 1. The molecule has 1 unspecified atom stereocenters. The van der Waals surface area contributed by atoms with E-state index < -0.39 is 10.8 Å². The molecule has 2 rings (SSSR count). The molecule has 1 aromatic heterocycles. The van der Waals surface area contributed by atoms with Crippen molar-refractivity contribution in [3.63, 3.8) is 0 Å². The number of nitrogens with two attached hydrogens (primary N) is 1. The van der Waals surface area contributed by atoms with Crippen molar-refractivity contribution in [2.75, 3.05) is 5.73 Å². The van der Waals surface area contributed by atoms with Crippen LogP contribution < -0.4 is 5.73 Å². The van der Waals surface area contributed by atoms with E-state index >= 15 is 0 Å². The molecule has 1 heterocycles. The van der Waals surface area contributed by atoms with Crippen molar-refractivity contribution < 1.29 is 4.21 Å². The highest BCUT2D eigenvalue weighted by atomic mass is 79.9. The molecule has 0 radical (unpaired) electrons. The number of nitrogen functional groups attached to an aromatic ring is 1. The van der Waals surface area contributed by atoms with Gasteiger partial charge in [-0.05, 0) is 45.8 Å². The lowest BCUT2D eigenvalue weighted by Gasteiger charge is -2.06.